The summed E-state index contributed by atoms with van der Waals surface area (Å²) in [6.07, 6.45) is 5.07. The zero-order chi connectivity index (χ0) is 17.5. The molecule has 1 atom stereocenters. The van der Waals surface area contributed by atoms with Crippen LogP contribution in [0.1, 0.15) is 37.7 Å². The molecule has 2 fully saturated rings. The lowest BCUT2D eigenvalue weighted by Gasteiger charge is -2.23. The fourth-order valence-corrected chi connectivity index (χ4v) is 3.74. The smallest absolute Gasteiger partial charge is 0.224 e. The third-order valence-electron chi connectivity index (χ3n) is 5.26. The third-order valence-corrected chi connectivity index (χ3v) is 5.26. The largest absolute Gasteiger partial charge is 0.341 e. The number of aryl methyl sites for hydroxylation is 1. The molecular formula is C20H29N3O2. The Balaban J connectivity index is 1.44. The summed E-state index contributed by atoms with van der Waals surface area (Å²) in [7, 11) is 0. The predicted octanol–water partition coefficient (Wildman–Crippen LogP) is 1.82. The molecule has 0 spiro atoms. The van der Waals surface area contributed by atoms with E-state index >= 15 is 0 Å². The normalized spacial score (nSPS) is 21.2. The summed E-state index contributed by atoms with van der Waals surface area (Å²) in [6, 6.07) is 10.5. The predicted molar refractivity (Wildman–Crippen MR) is 98.2 cm³/mol. The van der Waals surface area contributed by atoms with Crippen molar-refractivity contribution in [2.24, 2.45) is 0 Å². The summed E-state index contributed by atoms with van der Waals surface area (Å²) >= 11 is 0. The molecule has 0 saturated carbocycles. The van der Waals surface area contributed by atoms with Gasteiger partial charge in [0, 0.05) is 45.1 Å². The number of carbonyl (C=O) groups is 2. The summed E-state index contributed by atoms with van der Waals surface area (Å²) < 4.78 is 0. The molecule has 3 rings (SSSR count). The van der Waals surface area contributed by atoms with Gasteiger partial charge in [0.1, 0.15) is 0 Å². The SMILES string of the molecule is O=C(CCc1ccccc1)N1CCCN(C(=O)CC2CCCN2)CC1. The summed E-state index contributed by atoms with van der Waals surface area (Å²) in [5.74, 6) is 0.439. The molecule has 2 aliphatic rings. The quantitative estimate of drug-likeness (QED) is 0.887. The maximum atomic E-state index is 12.5. The van der Waals surface area contributed by atoms with E-state index < -0.39 is 0 Å². The summed E-state index contributed by atoms with van der Waals surface area (Å²) in [6.45, 7) is 3.90. The zero-order valence-corrected chi connectivity index (χ0v) is 15.0. The van der Waals surface area contributed by atoms with Crippen LogP contribution in [-0.4, -0.2) is 60.4 Å². The maximum absolute atomic E-state index is 12.5. The Morgan fingerprint density at radius 2 is 1.68 bits per heavy atom. The van der Waals surface area contributed by atoms with E-state index in [1.54, 1.807) is 0 Å². The molecule has 5 heteroatoms. The van der Waals surface area contributed by atoms with Gasteiger partial charge in [0.25, 0.3) is 0 Å². The maximum Gasteiger partial charge on any atom is 0.224 e. The third kappa shape index (κ3) is 5.30. The molecule has 5 nitrogen and oxygen atoms in total. The number of hydrogen-bond acceptors (Lipinski definition) is 3. The van der Waals surface area contributed by atoms with Gasteiger partial charge in [-0.3, -0.25) is 9.59 Å². The molecule has 0 bridgehead atoms. The van der Waals surface area contributed by atoms with Crippen LogP contribution in [0, 0.1) is 0 Å². The lowest BCUT2D eigenvalue weighted by Crippen LogP contribution is -2.39. The molecule has 0 aromatic heterocycles. The van der Waals surface area contributed by atoms with Gasteiger partial charge in [-0.2, -0.15) is 0 Å². The number of nitrogens with one attached hydrogen (secondary N) is 1. The summed E-state index contributed by atoms with van der Waals surface area (Å²) in [5, 5.41) is 3.39. The molecule has 2 amide bonds. The number of carbonyl (C=O) groups excluding carboxylic acids is 2. The fraction of sp³-hybridized carbons (Fsp3) is 0.600. The van der Waals surface area contributed by atoms with Gasteiger partial charge in [0.15, 0.2) is 0 Å². The van der Waals surface area contributed by atoms with Crippen molar-refractivity contribution in [1.29, 1.82) is 0 Å². The van der Waals surface area contributed by atoms with Crippen LogP contribution in [0.4, 0.5) is 0 Å². The van der Waals surface area contributed by atoms with Crippen molar-refractivity contribution in [3.8, 4) is 0 Å². The molecule has 2 heterocycles. The van der Waals surface area contributed by atoms with Crippen molar-refractivity contribution in [2.75, 3.05) is 32.7 Å². The van der Waals surface area contributed by atoms with Gasteiger partial charge >= 0.3 is 0 Å². The molecule has 1 unspecified atom stereocenters. The lowest BCUT2D eigenvalue weighted by molar-refractivity contribution is -0.133. The molecular weight excluding hydrogens is 314 g/mol. The van der Waals surface area contributed by atoms with E-state index in [4.69, 9.17) is 0 Å². The van der Waals surface area contributed by atoms with Crippen molar-refractivity contribution in [1.82, 2.24) is 15.1 Å². The number of nitrogens with zero attached hydrogens (tertiary/aromatic N) is 2. The van der Waals surface area contributed by atoms with Gasteiger partial charge in [-0.1, -0.05) is 30.3 Å². The number of hydrogen-bond donors (Lipinski definition) is 1. The number of amides is 2. The first-order valence-corrected chi connectivity index (χ1v) is 9.55. The van der Waals surface area contributed by atoms with E-state index in [1.807, 2.05) is 28.0 Å². The monoisotopic (exact) mass is 343 g/mol. The highest BCUT2D eigenvalue weighted by Crippen LogP contribution is 2.13. The fourth-order valence-electron chi connectivity index (χ4n) is 3.74. The van der Waals surface area contributed by atoms with Crippen molar-refractivity contribution in [2.45, 2.75) is 44.6 Å². The number of rotatable bonds is 5. The van der Waals surface area contributed by atoms with Crippen molar-refractivity contribution < 1.29 is 9.59 Å². The van der Waals surface area contributed by atoms with Crippen LogP contribution in [0.5, 0.6) is 0 Å². The first-order chi connectivity index (χ1) is 12.2. The molecule has 136 valence electrons. The molecule has 25 heavy (non-hydrogen) atoms. The Morgan fingerprint density at radius 3 is 2.36 bits per heavy atom. The first-order valence-electron chi connectivity index (χ1n) is 9.55. The Bertz CT molecular complexity index is 570. The van der Waals surface area contributed by atoms with Gasteiger partial charge < -0.3 is 15.1 Å². The van der Waals surface area contributed by atoms with E-state index in [9.17, 15) is 9.59 Å². The highest BCUT2D eigenvalue weighted by Gasteiger charge is 2.24. The van der Waals surface area contributed by atoms with Gasteiger partial charge in [-0.05, 0) is 37.8 Å². The highest BCUT2D eigenvalue weighted by atomic mass is 16.2. The van der Waals surface area contributed by atoms with Gasteiger partial charge in [0.2, 0.25) is 11.8 Å². The molecule has 2 saturated heterocycles. The van der Waals surface area contributed by atoms with Crippen LogP contribution in [0.3, 0.4) is 0 Å². The van der Waals surface area contributed by atoms with Gasteiger partial charge in [-0.15, -0.1) is 0 Å². The van der Waals surface area contributed by atoms with Gasteiger partial charge in [0.05, 0.1) is 0 Å². The minimum absolute atomic E-state index is 0.204. The molecule has 1 aromatic rings. The van der Waals surface area contributed by atoms with E-state index in [1.165, 1.54) is 12.0 Å². The topological polar surface area (TPSA) is 52.7 Å². The van der Waals surface area contributed by atoms with Crippen LogP contribution in [0.25, 0.3) is 0 Å². The first kappa shape index (κ1) is 17.9. The van der Waals surface area contributed by atoms with E-state index in [0.717, 1.165) is 38.9 Å². The Hall–Kier alpha value is -1.88. The Labute approximate surface area is 150 Å². The Kier molecular flexibility index (Phi) is 6.45. The second-order valence-electron chi connectivity index (χ2n) is 7.10. The van der Waals surface area contributed by atoms with Crippen LogP contribution in [0.15, 0.2) is 30.3 Å². The van der Waals surface area contributed by atoms with E-state index in [-0.39, 0.29) is 11.8 Å². The van der Waals surface area contributed by atoms with Crippen LogP contribution >= 0.6 is 0 Å². The average molecular weight is 343 g/mol. The second-order valence-corrected chi connectivity index (χ2v) is 7.10. The van der Waals surface area contributed by atoms with Crippen LogP contribution in [0.2, 0.25) is 0 Å². The standard InChI is InChI=1S/C20H29N3O2/c24-19(10-9-17-6-2-1-3-7-17)22-12-5-13-23(15-14-22)20(25)16-18-8-4-11-21-18/h1-3,6-7,18,21H,4-5,8-16H2. The van der Waals surface area contributed by atoms with Crippen LogP contribution in [-0.2, 0) is 16.0 Å². The van der Waals surface area contributed by atoms with E-state index in [2.05, 4.69) is 17.4 Å². The minimum Gasteiger partial charge on any atom is -0.341 e. The van der Waals surface area contributed by atoms with E-state index in [0.29, 0.717) is 32.0 Å². The van der Waals surface area contributed by atoms with Gasteiger partial charge in [-0.25, -0.2) is 0 Å². The zero-order valence-electron chi connectivity index (χ0n) is 15.0. The summed E-state index contributed by atoms with van der Waals surface area (Å²) in [5.41, 5.74) is 1.20. The molecule has 0 radical (unpaired) electrons. The average Bonchev–Trinajstić information content (AvgIpc) is 3.01. The molecule has 2 aliphatic heterocycles. The Morgan fingerprint density at radius 1 is 0.960 bits per heavy atom. The van der Waals surface area contributed by atoms with Crippen molar-refractivity contribution in [3.05, 3.63) is 35.9 Å². The van der Waals surface area contributed by atoms with Crippen LogP contribution < -0.4 is 5.32 Å². The minimum atomic E-state index is 0.204. The van der Waals surface area contributed by atoms with Crippen molar-refractivity contribution >= 4 is 11.8 Å². The lowest BCUT2D eigenvalue weighted by atomic mass is 10.1. The van der Waals surface area contributed by atoms with Crippen molar-refractivity contribution in [3.63, 3.8) is 0 Å². The molecule has 0 aliphatic carbocycles. The molecule has 1 aromatic carbocycles. The molecule has 1 N–H and O–H groups in total. The highest BCUT2D eigenvalue weighted by molar-refractivity contribution is 5.78. The summed E-state index contributed by atoms with van der Waals surface area (Å²) in [4.78, 5) is 28.9. The second kappa shape index (κ2) is 8.99. The number of benzene rings is 1.